The molecule has 11 nitrogen and oxygen atoms in total. The lowest BCUT2D eigenvalue weighted by molar-refractivity contribution is 0.0247. The second-order valence-corrected chi connectivity index (χ2v) is 11.7. The van der Waals surface area contributed by atoms with Crippen molar-refractivity contribution in [3.05, 3.63) is 89.5 Å². The van der Waals surface area contributed by atoms with Gasteiger partial charge in [-0.05, 0) is 72.8 Å². The number of hydrogen-bond donors (Lipinski definition) is 4. The van der Waals surface area contributed by atoms with E-state index < -0.39 is 0 Å². The molecular formula is C36H43N3O8S. The van der Waals surface area contributed by atoms with Crippen molar-refractivity contribution < 1.29 is 38.6 Å². The highest BCUT2D eigenvalue weighted by Gasteiger charge is 2.23. The maximum Gasteiger partial charge on any atom is 0.119 e. The van der Waals surface area contributed by atoms with Crippen molar-refractivity contribution in [3.8, 4) is 11.5 Å². The van der Waals surface area contributed by atoms with Gasteiger partial charge in [-0.3, -0.25) is 4.99 Å². The summed E-state index contributed by atoms with van der Waals surface area (Å²) >= 11 is 1.76. The average Bonchev–Trinajstić information content (AvgIpc) is 3.11. The van der Waals surface area contributed by atoms with Crippen LogP contribution >= 0.6 is 11.8 Å². The Bertz CT molecular complexity index is 1510. The first-order chi connectivity index (χ1) is 23.7. The number of nitrogens with one attached hydrogen (secondary N) is 2. The van der Waals surface area contributed by atoms with Crippen LogP contribution in [0.3, 0.4) is 0 Å². The number of hydrogen-bond acceptors (Lipinski definition) is 12. The molecule has 12 heteroatoms. The highest BCUT2D eigenvalue weighted by atomic mass is 32.2. The number of allylic oxidation sites excluding steroid dienone is 3. The first kappa shape index (κ1) is 35.4. The van der Waals surface area contributed by atoms with Gasteiger partial charge in [0.2, 0.25) is 0 Å². The average molecular weight is 678 g/mol. The molecule has 1 aliphatic carbocycles. The van der Waals surface area contributed by atoms with E-state index >= 15 is 0 Å². The van der Waals surface area contributed by atoms with E-state index in [0.717, 1.165) is 57.0 Å². The van der Waals surface area contributed by atoms with Gasteiger partial charge in [0.25, 0.3) is 0 Å². The summed E-state index contributed by atoms with van der Waals surface area (Å²) in [7, 11) is 0. The molecule has 3 aromatic carbocycles. The number of benzene rings is 3. The first-order valence-corrected chi connectivity index (χ1v) is 16.9. The fourth-order valence-corrected chi connectivity index (χ4v) is 5.92. The van der Waals surface area contributed by atoms with E-state index in [2.05, 4.69) is 34.9 Å². The largest absolute Gasteiger partial charge is 0.491 e. The molecule has 4 N–H and O–H groups in total. The van der Waals surface area contributed by atoms with Crippen LogP contribution in [0.5, 0.6) is 11.5 Å². The molecule has 1 aliphatic heterocycles. The number of aliphatic hydroxyl groups excluding tert-OH is 2. The number of rotatable bonds is 21. The van der Waals surface area contributed by atoms with E-state index in [1.807, 2.05) is 54.6 Å². The van der Waals surface area contributed by atoms with Gasteiger partial charge in [-0.1, -0.05) is 17.8 Å². The molecule has 0 bridgehead atoms. The van der Waals surface area contributed by atoms with Gasteiger partial charge in [0, 0.05) is 28.4 Å². The third-order valence-corrected chi connectivity index (χ3v) is 8.30. The Balaban J connectivity index is 1.08. The molecule has 0 spiro atoms. The quantitative estimate of drug-likeness (QED) is 0.104. The molecule has 48 heavy (non-hydrogen) atoms. The van der Waals surface area contributed by atoms with Gasteiger partial charge in [-0.25, -0.2) is 0 Å². The third-order valence-electron chi connectivity index (χ3n) is 7.04. The number of nitrogens with zero attached hydrogens (tertiary/aromatic N) is 1. The van der Waals surface area contributed by atoms with Crippen LogP contribution in [0.15, 0.2) is 99.4 Å². The molecule has 0 atom stereocenters. The molecule has 3 aromatic rings. The molecule has 0 amide bonds. The van der Waals surface area contributed by atoms with Gasteiger partial charge in [0.05, 0.1) is 88.0 Å². The Hall–Kier alpha value is -3.88. The van der Waals surface area contributed by atoms with Crippen LogP contribution in [0, 0.1) is 0 Å². The molecule has 0 unspecified atom stereocenters. The van der Waals surface area contributed by atoms with Crippen LogP contribution in [-0.2, 0) is 18.9 Å². The number of aliphatic imine (C=N–C) groups is 1. The van der Waals surface area contributed by atoms with Crippen molar-refractivity contribution >= 4 is 40.2 Å². The van der Waals surface area contributed by atoms with Gasteiger partial charge >= 0.3 is 0 Å². The lowest BCUT2D eigenvalue weighted by Crippen LogP contribution is -2.13. The lowest BCUT2D eigenvalue weighted by Gasteiger charge is -2.27. The number of aliphatic hydroxyl groups is 2. The molecule has 0 radical (unpaired) electrons. The maximum absolute atomic E-state index is 8.71. The molecule has 0 aromatic heterocycles. The molecular weight excluding hydrogens is 634 g/mol. The Morgan fingerprint density at radius 2 is 1.25 bits per heavy atom. The van der Waals surface area contributed by atoms with Crippen molar-refractivity contribution in [3.63, 3.8) is 0 Å². The van der Waals surface area contributed by atoms with Crippen LogP contribution < -0.4 is 20.1 Å². The zero-order chi connectivity index (χ0) is 33.2. The second kappa shape index (κ2) is 19.8. The van der Waals surface area contributed by atoms with Crippen molar-refractivity contribution in [2.24, 2.45) is 4.99 Å². The third kappa shape index (κ3) is 11.4. The summed E-state index contributed by atoms with van der Waals surface area (Å²) in [6, 6.07) is 21.8. The van der Waals surface area contributed by atoms with Crippen LogP contribution in [0.4, 0.5) is 22.7 Å². The van der Waals surface area contributed by atoms with E-state index in [4.69, 9.17) is 43.6 Å². The van der Waals surface area contributed by atoms with E-state index in [-0.39, 0.29) is 13.2 Å². The first-order valence-electron chi connectivity index (χ1n) is 16.0. The van der Waals surface area contributed by atoms with Crippen LogP contribution in [0.2, 0.25) is 0 Å². The number of ether oxygens (including phenoxy) is 6. The summed E-state index contributed by atoms with van der Waals surface area (Å²) in [6.45, 7) is 4.34. The highest BCUT2D eigenvalue weighted by Crippen LogP contribution is 2.47. The molecule has 1 heterocycles. The normalized spacial score (nSPS) is 14.4. The Kier molecular flexibility index (Phi) is 14.6. The summed E-state index contributed by atoms with van der Waals surface area (Å²) in [5.74, 6) is 1.53. The SMILES string of the molecule is OCCOCCOCCOc1ccc(N=C2C=CC3=C(C2)Sc2c(cccc2Nc2ccc(OCCOCCOCCO)cc2)N3)cc1. The van der Waals surface area contributed by atoms with Crippen LogP contribution in [0.25, 0.3) is 0 Å². The number of thioether (sulfide) groups is 1. The summed E-state index contributed by atoms with van der Waals surface area (Å²) in [6.07, 6.45) is 4.88. The van der Waals surface area contributed by atoms with Crippen molar-refractivity contribution in [2.45, 2.75) is 11.3 Å². The molecule has 2 aliphatic rings. The number of fused-ring (bicyclic) bond motifs is 1. The highest BCUT2D eigenvalue weighted by molar-refractivity contribution is 8.03. The predicted molar refractivity (Wildman–Crippen MR) is 188 cm³/mol. The summed E-state index contributed by atoms with van der Waals surface area (Å²) < 4.78 is 32.8. The Morgan fingerprint density at radius 3 is 1.88 bits per heavy atom. The smallest absolute Gasteiger partial charge is 0.119 e. The molecule has 0 saturated carbocycles. The van der Waals surface area contributed by atoms with Gasteiger partial charge < -0.3 is 49.3 Å². The maximum atomic E-state index is 8.71. The number of anilines is 3. The van der Waals surface area contributed by atoms with E-state index in [1.165, 1.54) is 4.91 Å². The van der Waals surface area contributed by atoms with Crippen LogP contribution in [0.1, 0.15) is 6.42 Å². The summed E-state index contributed by atoms with van der Waals surface area (Å²) in [5, 5.41) is 24.6. The minimum atomic E-state index is 0.0156. The standard InChI is InChI=1S/C36H43N3O8S/c40-14-16-42-18-20-44-22-24-46-30-9-4-27(5-10-30)37-29-8-13-32-35(26-29)48-36-33(2-1-3-34(36)39-32)38-28-6-11-31(12-7-28)47-25-23-45-21-19-43-17-15-41/h1-13,38-41H,14-26H2. The van der Waals surface area contributed by atoms with Crippen molar-refractivity contribution in [1.82, 2.24) is 0 Å². The van der Waals surface area contributed by atoms with Crippen LogP contribution in [-0.4, -0.2) is 95.2 Å². The lowest BCUT2D eigenvalue weighted by atomic mass is 10.1. The summed E-state index contributed by atoms with van der Waals surface area (Å²) in [5.41, 5.74) is 5.99. The minimum Gasteiger partial charge on any atom is -0.491 e. The molecule has 256 valence electrons. The topological polar surface area (TPSA) is 132 Å². The fourth-order valence-electron chi connectivity index (χ4n) is 4.77. The Labute approximate surface area is 285 Å². The van der Waals surface area contributed by atoms with Crippen molar-refractivity contribution in [1.29, 1.82) is 0 Å². The molecule has 0 fully saturated rings. The van der Waals surface area contributed by atoms with E-state index in [1.54, 1.807) is 11.8 Å². The van der Waals surface area contributed by atoms with E-state index in [0.29, 0.717) is 66.1 Å². The Morgan fingerprint density at radius 1 is 0.667 bits per heavy atom. The zero-order valence-electron chi connectivity index (χ0n) is 26.9. The van der Waals surface area contributed by atoms with Gasteiger partial charge in [-0.2, -0.15) is 0 Å². The van der Waals surface area contributed by atoms with Gasteiger partial charge in [0.15, 0.2) is 0 Å². The molecule has 0 saturated heterocycles. The second-order valence-electron chi connectivity index (χ2n) is 10.6. The summed E-state index contributed by atoms with van der Waals surface area (Å²) in [4.78, 5) is 7.24. The van der Waals surface area contributed by atoms with Gasteiger partial charge in [-0.15, -0.1) is 0 Å². The van der Waals surface area contributed by atoms with E-state index in [9.17, 15) is 0 Å². The monoisotopic (exact) mass is 677 g/mol. The minimum absolute atomic E-state index is 0.0156. The van der Waals surface area contributed by atoms with Gasteiger partial charge in [0.1, 0.15) is 24.7 Å². The van der Waals surface area contributed by atoms with Crippen molar-refractivity contribution in [2.75, 3.05) is 89.9 Å². The molecule has 5 rings (SSSR count). The predicted octanol–water partition coefficient (Wildman–Crippen LogP) is 5.70. The zero-order valence-corrected chi connectivity index (χ0v) is 27.7. The fraction of sp³-hybridized carbons (Fsp3) is 0.361.